The van der Waals surface area contributed by atoms with Gasteiger partial charge in [0.1, 0.15) is 0 Å². The SMILES string of the molecule is CC(NC(=O)c1cc(-c2cnn3cc(-c4c[nH][n+](C)c4)cnc23)cs1)C1CC1. The summed E-state index contributed by atoms with van der Waals surface area (Å²) in [6.45, 7) is 2.08. The maximum absolute atomic E-state index is 12.5. The number of nitrogens with one attached hydrogen (secondary N) is 2. The monoisotopic (exact) mass is 393 g/mol. The molecule has 4 aromatic heterocycles. The van der Waals surface area contributed by atoms with Crippen LogP contribution in [-0.4, -0.2) is 31.6 Å². The Morgan fingerprint density at radius 1 is 1.36 bits per heavy atom. The summed E-state index contributed by atoms with van der Waals surface area (Å²) in [4.78, 5) is 17.8. The summed E-state index contributed by atoms with van der Waals surface area (Å²) in [5, 5.41) is 12.7. The Morgan fingerprint density at radius 3 is 2.96 bits per heavy atom. The third kappa shape index (κ3) is 3.09. The molecule has 1 aliphatic carbocycles. The predicted molar refractivity (Wildman–Crippen MR) is 107 cm³/mol. The molecular weight excluding hydrogens is 372 g/mol. The lowest BCUT2D eigenvalue weighted by Crippen LogP contribution is -2.33. The van der Waals surface area contributed by atoms with Crippen molar-refractivity contribution in [3.63, 3.8) is 0 Å². The normalized spacial score (nSPS) is 15.1. The van der Waals surface area contributed by atoms with Gasteiger partial charge in [0.15, 0.2) is 12.7 Å². The molecule has 2 N–H and O–H groups in total. The molecule has 0 saturated heterocycles. The van der Waals surface area contributed by atoms with Crippen LogP contribution in [0.4, 0.5) is 0 Å². The fraction of sp³-hybridized carbons (Fsp3) is 0.300. The van der Waals surface area contributed by atoms with Gasteiger partial charge in [0.05, 0.1) is 22.8 Å². The van der Waals surface area contributed by atoms with Gasteiger partial charge in [0, 0.05) is 29.6 Å². The van der Waals surface area contributed by atoms with E-state index < -0.39 is 0 Å². The van der Waals surface area contributed by atoms with Gasteiger partial charge >= 0.3 is 0 Å². The number of hydrogen-bond donors (Lipinski definition) is 2. The van der Waals surface area contributed by atoms with Crippen LogP contribution < -0.4 is 10.00 Å². The zero-order valence-corrected chi connectivity index (χ0v) is 16.5. The highest BCUT2D eigenvalue weighted by molar-refractivity contribution is 7.12. The second-order valence-electron chi connectivity index (χ2n) is 7.44. The summed E-state index contributed by atoms with van der Waals surface area (Å²) in [5.41, 5.74) is 4.71. The predicted octanol–water partition coefficient (Wildman–Crippen LogP) is 2.81. The van der Waals surface area contributed by atoms with E-state index in [-0.39, 0.29) is 11.9 Å². The third-order valence-electron chi connectivity index (χ3n) is 5.27. The number of amides is 1. The van der Waals surface area contributed by atoms with Crippen molar-refractivity contribution in [1.82, 2.24) is 25.0 Å². The summed E-state index contributed by atoms with van der Waals surface area (Å²) < 4.78 is 3.67. The van der Waals surface area contributed by atoms with Gasteiger partial charge in [-0.3, -0.25) is 4.79 Å². The largest absolute Gasteiger partial charge is 0.349 e. The van der Waals surface area contributed by atoms with Gasteiger partial charge in [-0.25, -0.2) is 9.50 Å². The second-order valence-corrected chi connectivity index (χ2v) is 8.35. The van der Waals surface area contributed by atoms with Crippen molar-refractivity contribution in [3.8, 4) is 22.3 Å². The van der Waals surface area contributed by atoms with E-state index in [1.165, 1.54) is 24.2 Å². The fourth-order valence-electron chi connectivity index (χ4n) is 3.43. The number of carbonyl (C=O) groups excluding carboxylic acids is 1. The van der Waals surface area contributed by atoms with Crippen LogP contribution in [0.15, 0.2) is 42.4 Å². The summed E-state index contributed by atoms with van der Waals surface area (Å²) in [6.07, 6.45) is 12.0. The topological polar surface area (TPSA) is 79.0 Å². The molecule has 1 amide bonds. The van der Waals surface area contributed by atoms with Crippen LogP contribution in [0.2, 0.25) is 0 Å². The molecule has 0 aromatic carbocycles. The quantitative estimate of drug-likeness (QED) is 0.512. The molecule has 5 rings (SSSR count). The molecule has 142 valence electrons. The Kier molecular flexibility index (Phi) is 4.01. The number of H-pyrrole nitrogens is 1. The Bertz CT molecular complexity index is 1170. The number of thiophene rings is 1. The number of rotatable bonds is 5. The van der Waals surface area contributed by atoms with Crippen LogP contribution >= 0.6 is 11.3 Å². The molecule has 0 spiro atoms. The van der Waals surface area contributed by atoms with Gasteiger partial charge in [0.2, 0.25) is 6.20 Å². The van der Waals surface area contributed by atoms with Gasteiger partial charge < -0.3 is 5.32 Å². The van der Waals surface area contributed by atoms with Crippen molar-refractivity contribution in [2.45, 2.75) is 25.8 Å². The first-order valence-corrected chi connectivity index (χ1v) is 10.2. The molecule has 1 unspecified atom stereocenters. The van der Waals surface area contributed by atoms with Crippen LogP contribution in [0.5, 0.6) is 0 Å². The number of aryl methyl sites for hydroxylation is 1. The lowest BCUT2D eigenvalue weighted by Gasteiger charge is -2.11. The minimum Gasteiger partial charge on any atom is -0.349 e. The minimum atomic E-state index is 0.00250. The molecule has 1 atom stereocenters. The standard InChI is InChI=1S/C20H20N6OS/c1-12(13-3-4-13)24-20(27)18-5-14(11-28-18)17-8-23-26-10-15(6-21-19(17)26)16-7-22-25(2)9-16/h5-13H,3-4H2,1-2H3,(H,24,27)/p+1. The number of aromatic amines is 1. The Labute approximate surface area is 166 Å². The van der Waals surface area contributed by atoms with E-state index >= 15 is 0 Å². The molecule has 28 heavy (non-hydrogen) atoms. The molecule has 7 nitrogen and oxygen atoms in total. The van der Waals surface area contributed by atoms with E-state index in [0.717, 1.165) is 32.8 Å². The maximum atomic E-state index is 12.5. The number of fused-ring (bicyclic) bond motifs is 1. The Morgan fingerprint density at radius 2 is 2.21 bits per heavy atom. The summed E-state index contributed by atoms with van der Waals surface area (Å²) in [5.74, 6) is 0.645. The molecule has 1 aliphatic rings. The lowest BCUT2D eigenvalue weighted by molar-refractivity contribution is -0.726. The van der Waals surface area contributed by atoms with Crippen LogP contribution in [0.1, 0.15) is 29.4 Å². The number of aromatic nitrogens is 5. The van der Waals surface area contributed by atoms with Crippen molar-refractivity contribution in [1.29, 1.82) is 0 Å². The fourth-order valence-corrected chi connectivity index (χ4v) is 4.24. The number of hydrogen-bond acceptors (Lipinski definition) is 4. The molecule has 4 heterocycles. The molecule has 0 aliphatic heterocycles. The first-order valence-electron chi connectivity index (χ1n) is 9.36. The highest BCUT2D eigenvalue weighted by Crippen LogP contribution is 2.33. The van der Waals surface area contributed by atoms with Gasteiger partial charge in [-0.15, -0.1) is 16.0 Å². The Balaban J connectivity index is 1.42. The van der Waals surface area contributed by atoms with Gasteiger partial charge in [-0.1, -0.05) is 0 Å². The average Bonchev–Trinajstić information content (AvgIpc) is 3.08. The van der Waals surface area contributed by atoms with Crippen LogP contribution in [0, 0.1) is 5.92 Å². The van der Waals surface area contributed by atoms with Gasteiger partial charge in [-0.2, -0.15) is 10.2 Å². The number of nitrogens with zero attached hydrogens (tertiary/aromatic N) is 4. The van der Waals surface area contributed by atoms with E-state index in [2.05, 4.69) is 27.4 Å². The zero-order valence-electron chi connectivity index (χ0n) is 15.7. The average molecular weight is 393 g/mol. The van der Waals surface area contributed by atoms with Gasteiger partial charge in [-0.05, 0) is 42.7 Å². The first-order chi connectivity index (χ1) is 13.6. The van der Waals surface area contributed by atoms with Crippen molar-refractivity contribution >= 4 is 22.9 Å². The molecule has 8 heteroatoms. The van der Waals surface area contributed by atoms with Crippen LogP contribution in [-0.2, 0) is 7.05 Å². The molecule has 1 saturated carbocycles. The van der Waals surface area contributed by atoms with Crippen molar-refractivity contribution < 1.29 is 9.48 Å². The summed E-state index contributed by atoms with van der Waals surface area (Å²) in [6, 6.07) is 2.17. The van der Waals surface area contributed by atoms with E-state index in [4.69, 9.17) is 0 Å². The van der Waals surface area contributed by atoms with E-state index in [0.29, 0.717) is 5.92 Å². The number of carbonyl (C=O) groups is 1. The summed E-state index contributed by atoms with van der Waals surface area (Å²) in [7, 11) is 1.94. The van der Waals surface area contributed by atoms with E-state index in [1.54, 1.807) is 10.7 Å². The van der Waals surface area contributed by atoms with Crippen molar-refractivity contribution in [2.24, 2.45) is 13.0 Å². The first kappa shape index (κ1) is 17.1. The third-order valence-corrected chi connectivity index (χ3v) is 6.20. The second kappa shape index (κ2) is 6.56. The Hall–Kier alpha value is -3.00. The van der Waals surface area contributed by atoms with E-state index in [1.807, 2.05) is 48.0 Å². The highest BCUT2D eigenvalue weighted by Gasteiger charge is 2.29. The lowest BCUT2D eigenvalue weighted by atomic mass is 10.1. The summed E-state index contributed by atoms with van der Waals surface area (Å²) >= 11 is 1.46. The zero-order chi connectivity index (χ0) is 19.3. The highest BCUT2D eigenvalue weighted by atomic mass is 32.1. The molecule has 1 fully saturated rings. The minimum absolute atomic E-state index is 0.00250. The van der Waals surface area contributed by atoms with E-state index in [9.17, 15) is 4.79 Å². The molecular formula is C20H21N6OS+. The molecule has 4 aromatic rings. The smallest absolute Gasteiger partial charge is 0.261 e. The van der Waals surface area contributed by atoms with Crippen molar-refractivity contribution in [3.05, 3.63) is 47.3 Å². The van der Waals surface area contributed by atoms with Crippen molar-refractivity contribution in [2.75, 3.05) is 0 Å². The van der Waals surface area contributed by atoms with Gasteiger partial charge in [0.25, 0.3) is 5.91 Å². The molecule has 0 bridgehead atoms. The molecule has 0 radical (unpaired) electrons. The maximum Gasteiger partial charge on any atom is 0.261 e. The van der Waals surface area contributed by atoms with Crippen LogP contribution in [0.3, 0.4) is 0 Å². The van der Waals surface area contributed by atoms with Crippen LogP contribution in [0.25, 0.3) is 27.9 Å².